The van der Waals surface area contributed by atoms with Crippen molar-refractivity contribution < 1.29 is 5.48 Å². The van der Waals surface area contributed by atoms with Crippen LogP contribution in [0, 0.1) is 0 Å². The second-order valence-electron chi connectivity index (χ2n) is 0. The third kappa shape index (κ3) is 8.89. The molecule has 0 unspecified atom stereocenters. The van der Waals surface area contributed by atoms with Crippen LogP contribution < -0.4 is 0 Å². The molecule has 0 fully saturated rings. The Hall–Kier alpha value is 2.99. The predicted molar refractivity (Wildman–Crippen MR) is 27.9 cm³/mol. The Morgan fingerprint density at radius 1 is 1.00 bits per heavy atom. The fraction of sp³-hybridized carbons (Fsp3) is 0. The van der Waals surface area contributed by atoms with Crippen LogP contribution in [0.5, 0.6) is 0 Å². The van der Waals surface area contributed by atoms with Crippen LogP contribution in [-0.4, -0.2) is 88.7 Å². The van der Waals surface area contributed by atoms with Gasteiger partial charge in [0.25, 0.3) is 0 Å². The Morgan fingerprint density at radius 3 is 1.00 bits per heavy atom. The molecule has 0 saturated heterocycles. The van der Waals surface area contributed by atoms with Gasteiger partial charge >= 0.3 is 83.2 Å². The quantitative estimate of drug-likeness (QED) is 0.383. The first-order valence-corrected chi connectivity index (χ1v) is 0. The van der Waals surface area contributed by atoms with E-state index in [4.69, 9.17) is 0 Å². The van der Waals surface area contributed by atoms with Gasteiger partial charge < -0.3 is 5.48 Å². The Bertz CT molecular complexity index is 8.00. The maximum absolute atomic E-state index is 0. The summed E-state index contributed by atoms with van der Waals surface area (Å²) in [7, 11) is 0. The monoisotopic (exact) mass is 186 g/mol. The summed E-state index contributed by atoms with van der Waals surface area (Å²) in [5, 5.41) is 0. The summed E-state index contributed by atoms with van der Waals surface area (Å²) in [6, 6.07) is 0. The molecule has 0 aromatic rings. The molecule has 4 heteroatoms. The second kappa shape index (κ2) is 16.7. The van der Waals surface area contributed by atoms with Crippen molar-refractivity contribution in [2.75, 3.05) is 0 Å². The van der Waals surface area contributed by atoms with Gasteiger partial charge in [0.05, 0.1) is 0 Å². The van der Waals surface area contributed by atoms with Gasteiger partial charge in [-0.2, -0.15) is 0 Å². The second-order valence-corrected chi connectivity index (χ2v) is 0. The van der Waals surface area contributed by atoms with Gasteiger partial charge in [0.15, 0.2) is 0 Å². The maximum atomic E-state index is 0. The molecule has 2 N–H and O–H groups in total. The van der Waals surface area contributed by atoms with Crippen molar-refractivity contribution in [3.63, 3.8) is 0 Å². The number of hydrogen-bond donors (Lipinski definition) is 0. The van der Waals surface area contributed by atoms with E-state index in [0.29, 0.717) is 0 Å². The molecule has 24 valence electrons. The Morgan fingerprint density at radius 2 is 1.00 bits per heavy atom. The third-order valence-corrected chi connectivity index (χ3v) is 0. The molecule has 0 saturated carbocycles. The Kier molecular flexibility index (Phi) is 117. The van der Waals surface area contributed by atoms with Crippen molar-refractivity contribution in [2.45, 2.75) is 0 Å². The molecule has 1 nitrogen and oxygen atoms in total. The van der Waals surface area contributed by atoms with E-state index in [1.807, 2.05) is 0 Å². The SMILES string of the molecule is Cl.O.[CaH2].[SrH2]. The van der Waals surface area contributed by atoms with Gasteiger partial charge in [-0.15, -0.1) is 12.4 Å². The van der Waals surface area contributed by atoms with Crippen molar-refractivity contribution in [3.05, 3.63) is 0 Å². The summed E-state index contributed by atoms with van der Waals surface area (Å²) in [5.41, 5.74) is 0. The topological polar surface area (TPSA) is 31.5 Å². The van der Waals surface area contributed by atoms with Gasteiger partial charge in [-0.05, 0) is 0 Å². The average molecular weight is 186 g/mol. The van der Waals surface area contributed by atoms with Crippen molar-refractivity contribution >= 4 is 95.6 Å². The first kappa shape index (κ1) is 28.1. The molecular weight excluding hydrogens is 179 g/mol. The molecule has 0 aromatic carbocycles. The van der Waals surface area contributed by atoms with Crippen molar-refractivity contribution in [1.29, 1.82) is 0 Å². The number of hydrogen-bond acceptors (Lipinski definition) is 0. The third-order valence-electron chi connectivity index (χ3n) is 0. The molecule has 0 radical (unpaired) electrons. The van der Waals surface area contributed by atoms with Crippen LogP contribution in [0.4, 0.5) is 0 Å². The van der Waals surface area contributed by atoms with Crippen molar-refractivity contribution in [1.82, 2.24) is 0 Å². The molecule has 0 atom stereocenters. The van der Waals surface area contributed by atoms with Gasteiger partial charge in [0, 0.05) is 0 Å². The Balaban J connectivity index is 0. The first-order valence-electron chi connectivity index (χ1n) is 0. The van der Waals surface area contributed by atoms with Gasteiger partial charge in [0.1, 0.15) is 0 Å². The zero-order chi connectivity index (χ0) is 0. The van der Waals surface area contributed by atoms with Crippen molar-refractivity contribution in [3.8, 4) is 0 Å². The Labute approximate surface area is 98.5 Å². The van der Waals surface area contributed by atoms with E-state index in [2.05, 4.69) is 0 Å². The van der Waals surface area contributed by atoms with Crippen LogP contribution in [0.15, 0.2) is 0 Å². The van der Waals surface area contributed by atoms with E-state index >= 15 is 0 Å². The summed E-state index contributed by atoms with van der Waals surface area (Å²) in [4.78, 5) is 0. The minimum atomic E-state index is 0. The van der Waals surface area contributed by atoms with Crippen LogP contribution in [0.1, 0.15) is 0 Å². The molecule has 0 aliphatic carbocycles. The van der Waals surface area contributed by atoms with Gasteiger partial charge in [-0.3, -0.25) is 0 Å². The molecule has 0 aliphatic heterocycles. The summed E-state index contributed by atoms with van der Waals surface area (Å²) in [6.07, 6.45) is 0. The fourth-order valence-corrected chi connectivity index (χ4v) is 0. The molecule has 0 aromatic heterocycles. The summed E-state index contributed by atoms with van der Waals surface area (Å²) >= 11 is 0. The molecule has 0 bridgehead atoms. The van der Waals surface area contributed by atoms with Crippen LogP contribution in [0.25, 0.3) is 0 Å². The fourth-order valence-electron chi connectivity index (χ4n) is 0. The summed E-state index contributed by atoms with van der Waals surface area (Å²) in [5.74, 6) is 0. The number of rotatable bonds is 0. The van der Waals surface area contributed by atoms with E-state index in [-0.39, 0.29) is 101 Å². The molecule has 0 rings (SSSR count). The zero-order valence-electron chi connectivity index (χ0n) is 0.908. The van der Waals surface area contributed by atoms with Gasteiger partial charge in [-0.25, -0.2) is 0 Å². The predicted octanol–water partition coefficient (Wildman–Crippen LogP) is -2.24. The summed E-state index contributed by atoms with van der Waals surface area (Å²) < 4.78 is 0. The first-order chi connectivity index (χ1) is 0. The van der Waals surface area contributed by atoms with Gasteiger partial charge in [0.2, 0.25) is 0 Å². The normalized spacial score (nSPS) is 0. The van der Waals surface area contributed by atoms with E-state index < -0.39 is 0 Å². The molecule has 0 aliphatic rings. The van der Waals surface area contributed by atoms with Crippen LogP contribution in [0.2, 0.25) is 0 Å². The summed E-state index contributed by atoms with van der Waals surface area (Å²) in [6.45, 7) is 0. The van der Waals surface area contributed by atoms with E-state index in [1.165, 1.54) is 0 Å². The molecule has 4 heavy (non-hydrogen) atoms. The van der Waals surface area contributed by atoms with E-state index in [0.717, 1.165) is 0 Å². The molecule has 0 amide bonds. The van der Waals surface area contributed by atoms with E-state index in [1.54, 1.807) is 0 Å². The average Bonchev–Trinajstić information content (AvgIpc) is 0. The van der Waals surface area contributed by atoms with Gasteiger partial charge in [-0.1, -0.05) is 0 Å². The molecular formula is H7CaClOSr. The standard InChI is InChI=1S/Ca.ClH.H2O.Sr.4H/h;1H;1H2;;;;;. The minimum absolute atomic E-state index is 0. The zero-order valence-corrected chi connectivity index (χ0v) is 1.72. The van der Waals surface area contributed by atoms with Crippen LogP contribution in [0.3, 0.4) is 0 Å². The van der Waals surface area contributed by atoms with E-state index in [9.17, 15) is 0 Å². The van der Waals surface area contributed by atoms with Crippen LogP contribution in [-0.2, 0) is 0 Å². The van der Waals surface area contributed by atoms with Crippen LogP contribution >= 0.6 is 12.4 Å². The molecule has 0 spiro atoms. The molecule has 0 heterocycles. The van der Waals surface area contributed by atoms with Crippen molar-refractivity contribution in [2.24, 2.45) is 0 Å². The number of halogens is 1.